The molecule has 0 unspecified atom stereocenters. The van der Waals surface area contributed by atoms with Crippen LogP contribution < -0.4 is 5.73 Å². The van der Waals surface area contributed by atoms with Crippen LogP contribution in [0, 0.1) is 0 Å². The Morgan fingerprint density at radius 3 is 2.69 bits per heavy atom. The van der Waals surface area contributed by atoms with Crippen molar-refractivity contribution in [2.24, 2.45) is 0 Å². The highest BCUT2D eigenvalue weighted by Gasteiger charge is 2.16. The first-order valence-corrected chi connectivity index (χ1v) is 5.59. The minimum Gasteiger partial charge on any atom is -0.460 e. The summed E-state index contributed by atoms with van der Waals surface area (Å²) in [6, 6.07) is 6.38. The Bertz CT molecular complexity index is 551. The van der Waals surface area contributed by atoms with E-state index in [-0.39, 0.29) is 11.5 Å². The third kappa shape index (κ3) is 1.99. The van der Waals surface area contributed by atoms with Crippen molar-refractivity contribution in [2.45, 2.75) is 0 Å². The van der Waals surface area contributed by atoms with Crippen LogP contribution in [0.4, 0.5) is 5.69 Å². The first-order chi connectivity index (χ1) is 7.59. The summed E-state index contributed by atoms with van der Waals surface area (Å²) in [6.45, 7) is 0. The van der Waals surface area contributed by atoms with Gasteiger partial charge in [-0.05, 0) is 40.2 Å². The SMILES string of the molecule is Nc1ccc(C(=O)c2occc2Br)cc1Cl. The second-order valence-corrected chi connectivity index (χ2v) is 4.42. The molecule has 2 rings (SSSR count). The molecule has 3 nitrogen and oxygen atoms in total. The van der Waals surface area contributed by atoms with Gasteiger partial charge in [0.05, 0.1) is 21.4 Å². The molecule has 16 heavy (non-hydrogen) atoms. The summed E-state index contributed by atoms with van der Waals surface area (Å²) < 4.78 is 5.70. The van der Waals surface area contributed by atoms with Gasteiger partial charge in [0.2, 0.25) is 5.78 Å². The van der Waals surface area contributed by atoms with Crippen LogP contribution in [0.2, 0.25) is 5.02 Å². The van der Waals surface area contributed by atoms with E-state index in [9.17, 15) is 4.79 Å². The molecule has 0 spiro atoms. The maximum atomic E-state index is 12.0. The number of hydrogen-bond acceptors (Lipinski definition) is 3. The molecule has 0 fully saturated rings. The van der Waals surface area contributed by atoms with Crippen LogP contribution in [-0.2, 0) is 0 Å². The largest absolute Gasteiger partial charge is 0.460 e. The van der Waals surface area contributed by atoms with Crippen LogP contribution in [0.3, 0.4) is 0 Å². The fraction of sp³-hybridized carbons (Fsp3) is 0. The predicted molar refractivity (Wildman–Crippen MR) is 65.7 cm³/mol. The summed E-state index contributed by atoms with van der Waals surface area (Å²) in [7, 11) is 0. The number of benzene rings is 1. The molecule has 5 heteroatoms. The van der Waals surface area contributed by atoms with Crippen molar-refractivity contribution in [3.8, 4) is 0 Å². The molecule has 0 saturated carbocycles. The summed E-state index contributed by atoms with van der Waals surface area (Å²) in [5.74, 6) is 0.0135. The molecule has 0 aliphatic heterocycles. The minimum absolute atomic E-state index is 0.237. The van der Waals surface area contributed by atoms with Crippen LogP contribution in [0.15, 0.2) is 39.4 Å². The van der Waals surface area contributed by atoms with Gasteiger partial charge in [0.1, 0.15) is 0 Å². The number of nitrogens with two attached hydrogens (primary N) is 1. The first-order valence-electron chi connectivity index (χ1n) is 4.42. The number of halogens is 2. The van der Waals surface area contributed by atoms with E-state index in [1.807, 2.05) is 0 Å². The molecular weight excluding hydrogens is 293 g/mol. The molecule has 1 aromatic carbocycles. The molecule has 0 aliphatic rings. The lowest BCUT2D eigenvalue weighted by atomic mass is 10.1. The maximum absolute atomic E-state index is 12.0. The first kappa shape index (κ1) is 11.2. The highest BCUT2D eigenvalue weighted by molar-refractivity contribution is 9.10. The van der Waals surface area contributed by atoms with Gasteiger partial charge in [0, 0.05) is 5.56 Å². The van der Waals surface area contributed by atoms with Gasteiger partial charge in [0.15, 0.2) is 5.76 Å². The van der Waals surface area contributed by atoms with E-state index in [0.717, 1.165) is 0 Å². The van der Waals surface area contributed by atoms with Crippen LogP contribution in [0.5, 0.6) is 0 Å². The van der Waals surface area contributed by atoms with Crippen LogP contribution >= 0.6 is 27.5 Å². The average molecular weight is 301 g/mol. The molecule has 1 aromatic heterocycles. The molecule has 2 N–H and O–H groups in total. The fourth-order valence-electron chi connectivity index (χ4n) is 1.26. The highest BCUT2D eigenvalue weighted by atomic mass is 79.9. The van der Waals surface area contributed by atoms with Gasteiger partial charge in [-0.2, -0.15) is 0 Å². The van der Waals surface area contributed by atoms with E-state index in [4.69, 9.17) is 21.8 Å². The van der Waals surface area contributed by atoms with Crippen LogP contribution in [0.1, 0.15) is 16.1 Å². The van der Waals surface area contributed by atoms with Gasteiger partial charge in [-0.25, -0.2) is 0 Å². The molecule has 0 bridgehead atoms. The third-order valence-corrected chi connectivity index (χ3v) is 3.04. The molecule has 0 saturated heterocycles. The topological polar surface area (TPSA) is 56.2 Å². The average Bonchev–Trinajstić information content (AvgIpc) is 2.67. The molecule has 0 aliphatic carbocycles. The second-order valence-electron chi connectivity index (χ2n) is 3.16. The van der Waals surface area contributed by atoms with Crippen molar-refractivity contribution in [3.63, 3.8) is 0 Å². The Balaban J connectivity index is 2.42. The van der Waals surface area contributed by atoms with Gasteiger partial charge >= 0.3 is 0 Å². The van der Waals surface area contributed by atoms with E-state index >= 15 is 0 Å². The molecule has 0 atom stereocenters. The summed E-state index contributed by atoms with van der Waals surface area (Å²) >= 11 is 9.06. The molecular formula is C11H7BrClNO2. The zero-order valence-electron chi connectivity index (χ0n) is 8.04. The van der Waals surface area contributed by atoms with Gasteiger partial charge in [-0.15, -0.1) is 0 Å². The van der Waals surface area contributed by atoms with E-state index in [1.54, 1.807) is 18.2 Å². The zero-order chi connectivity index (χ0) is 11.7. The monoisotopic (exact) mass is 299 g/mol. The number of rotatable bonds is 2. The predicted octanol–water partition coefficient (Wildman–Crippen LogP) is 3.51. The molecule has 1 heterocycles. The number of furan rings is 1. The van der Waals surface area contributed by atoms with Crippen molar-refractivity contribution in [3.05, 3.63) is 51.3 Å². The molecule has 82 valence electrons. The number of hydrogen-bond donors (Lipinski definition) is 1. The Labute approximate surface area is 105 Å². The molecule has 0 amide bonds. The number of ketones is 1. The molecule has 0 radical (unpaired) electrons. The minimum atomic E-state index is -0.237. The standard InChI is InChI=1S/C11H7BrClNO2/c12-7-3-4-16-11(7)10(15)6-1-2-9(14)8(13)5-6/h1-5H,14H2. The highest BCUT2D eigenvalue weighted by Crippen LogP contribution is 2.24. The Morgan fingerprint density at radius 2 is 2.12 bits per heavy atom. The van der Waals surface area contributed by atoms with Crippen LogP contribution in [-0.4, -0.2) is 5.78 Å². The number of nitrogen functional groups attached to an aromatic ring is 1. The second kappa shape index (κ2) is 4.31. The Kier molecular flexibility index (Phi) is 3.03. The van der Waals surface area contributed by atoms with Crippen molar-refractivity contribution in [2.75, 3.05) is 5.73 Å². The zero-order valence-corrected chi connectivity index (χ0v) is 10.4. The van der Waals surface area contributed by atoms with Gasteiger partial charge in [-0.1, -0.05) is 11.6 Å². The van der Waals surface area contributed by atoms with E-state index in [0.29, 0.717) is 20.7 Å². The third-order valence-electron chi connectivity index (χ3n) is 2.09. The number of carbonyl (C=O) groups is 1. The quantitative estimate of drug-likeness (QED) is 0.682. The normalized spacial score (nSPS) is 10.4. The van der Waals surface area contributed by atoms with Gasteiger partial charge < -0.3 is 10.2 Å². The van der Waals surface area contributed by atoms with Gasteiger partial charge in [0.25, 0.3) is 0 Å². The lowest BCUT2D eigenvalue weighted by Gasteiger charge is -2.01. The van der Waals surface area contributed by atoms with Gasteiger partial charge in [-0.3, -0.25) is 4.79 Å². The van der Waals surface area contributed by atoms with E-state index in [2.05, 4.69) is 15.9 Å². The number of anilines is 1. The summed E-state index contributed by atoms with van der Waals surface area (Å²) in [6.07, 6.45) is 1.44. The summed E-state index contributed by atoms with van der Waals surface area (Å²) in [4.78, 5) is 12.0. The van der Waals surface area contributed by atoms with E-state index in [1.165, 1.54) is 12.3 Å². The summed E-state index contributed by atoms with van der Waals surface area (Å²) in [5.41, 5.74) is 6.44. The van der Waals surface area contributed by atoms with Crippen LogP contribution in [0.25, 0.3) is 0 Å². The lowest BCUT2D eigenvalue weighted by molar-refractivity contribution is 0.101. The smallest absolute Gasteiger partial charge is 0.229 e. The fourth-order valence-corrected chi connectivity index (χ4v) is 1.82. The van der Waals surface area contributed by atoms with Crippen molar-refractivity contribution < 1.29 is 9.21 Å². The van der Waals surface area contributed by atoms with E-state index < -0.39 is 0 Å². The summed E-state index contributed by atoms with van der Waals surface area (Å²) in [5, 5.41) is 0.355. The maximum Gasteiger partial charge on any atom is 0.229 e. The lowest BCUT2D eigenvalue weighted by Crippen LogP contribution is -2.01. The van der Waals surface area contributed by atoms with Crippen molar-refractivity contribution >= 4 is 39.0 Å². The Hall–Kier alpha value is -1.26. The van der Waals surface area contributed by atoms with Crippen molar-refractivity contribution in [1.29, 1.82) is 0 Å². The van der Waals surface area contributed by atoms with Crippen molar-refractivity contribution in [1.82, 2.24) is 0 Å². The Morgan fingerprint density at radius 1 is 1.38 bits per heavy atom. The molecule has 2 aromatic rings. The number of carbonyl (C=O) groups excluding carboxylic acids is 1.